The lowest BCUT2D eigenvalue weighted by Gasteiger charge is -2.34. The molecule has 0 bridgehead atoms. The van der Waals surface area contributed by atoms with Crippen molar-refractivity contribution in [3.63, 3.8) is 0 Å². The van der Waals surface area contributed by atoms with Crippen molar-refractivity contribution in [3.05, 3.63) is 28.2 Å². The smallest absolute Gasteiger partial charge is 0.115 e. The van der Waals surface area contributed by atoms with Gasteiger partial charge in [0.05, 0.1) is 0 Å². The van der Waals surface area contributed by atoms with Gasteiger partial charge in [0, 0.05) is 17.6 Å². The standard InChI is InChI=1S/C17H25BrN2O/c18-17-4-3-16(21)11-15(17)13-20-9-5-14(6-10-20)12-19-7-1-2-8-19/h3-4,11,14,21H,1-2,5-10,12-13H2. The molecule has 2 aliphatic rings. The van der Waals surface area contributed by atoms with Crippen LogP contribution in [0.3, 0.4) is 0 Å². The van der Waals surface area contributed by atoms with Crippen molar-refractivity contribution in [2.75, 3.05) is 32.7 Å². The van der Waals surface area contributed by atoms with Gasteiger partial charge in [-0.05, 0) is 81.5 Å². The van der Waals surface area contributed by atoms with E-state index in [1.54, 1.807) is 6.07 Å². The van der Waals surface area contributed by atoms with Crippen LogP contribution in [0.5, 0.6) is 5.75 Å². The molecule has 2 heterocycles. The third-order valence-electron chi connectivity index (χ3n) is 4.85. The van der Waals surface area contributed by atoms with Gasteiger partial charge in [-0.1, -0.05) is 15.9 Å². The van der Waals surface area contributed by atoms with Gasteiger partial charge in [-0.25, -0.2) is 0 Å². The second kappa shape index (κ2) is 7.12. The van der Waals surface area contributed by atoms with Crippen molar-refractivity contribution < 1.29 is 5.11 Å². The van der Waals surface area contributed by atoms with E-state index in [4.69, 9.17) is 0 Å². The molecule has 1 aromatic carbocycles. The Morgan fingerprint density at radius 2 is 1.76 bits per heavy atom. The Morgan fingerprint density at radius 1 is 1.05 bits per heavy atom. The van der Waals surface area contributed by atoms with Gasteiger partial charge in [0.1, 0.15) is 5.75 Å². The molecule has 1 aromatic rings. The maximum atomic E-state index is 9.62. The molecule has 0 saturated carbocycles. The first-order chi connectivity index (χ1) is 10.2. The van der Waals surface area contributed by atoms with Crippen molar-refractivity contribution in [1.82, 2.24) is 9.80 Å². The molecule has 2 fully saturated rings. The van der Waals surface area contributed by atoms with Gasteiger partial charge in [0.25, 0.3) is 0 Å². The molecule has 2 saturated heterocycles. The molecule has 0 radical (unpaired) electrons. The molecule has 3 nitrogen and oxygen atoms in total. The van der Waals surface area contributed by atoms with E-state index in [9.17, 15) is 5.11 Å². The largest absolute Gasteiger partial charge is 0.508 e. The number of phenolic OH excluding ortho intramolecular Hbond substituents is 1. The molecular formula is C17H25BrN2O. The number of aromatic hydroxyl groups is 1. The van der Waals surface area contributed by atoms with Gasteiger partial charge in [-0.3, -0.25) is 4.90 Å². The van der Waals surface area contributed by atoms with Crippen LogP contribution in [-0.4, -0.2) is 47.6 Å². The molecule has 0 amide bonds. The molecule has 0 aliphatic carbocycles. The number of nitrogens with zero attached hydrogens (tertiary/aromatic N) is 2. The summed E-state index contributed by atoms with van der Waals surface area (Å²) in [4.78, 5) is 5.16. The lowest BCUT2D eigenvalue weighted by molar-refractivity contribution is 0.148. The van der Waals surface area contributed by atoms with Crippen molar-refractivity contribution in [1.29, 1.82) is 0 Å². The van der Waals surface area contributed by atoms with Crippen LogP contribution in [0.15, 0.2) is 22.7 Å². The average molecular weight is 353 g/mol. The van der Waals surface area contributed by atoms with Gasteiger partial charge >= 0.3 is 0 Å². The lowest BCUT2D eigenvalue weighted by Crippen LogP contribution is -2.37. The number of benzene rings is 1. The number of likely N-dealkylation sites (tertiary alicyclic amines) is 2. The minimum absolute atomic E-state index is 0.358. The van der Waals surface area contributed by atoms with E-state index < -0.39 is 0 Å². The summed E-state index contributed by atoms with van der Waals surface area (Å²) in [5.41, 5.74) is 1.19. The highest BCUT2D eigenvalue weighted by Gasteiger charge is 2.23. The van der Waals surface area contributed by atoms with Crippen molar-refractivity contribution in [2.45, 2.75) is 32.2 Å². The maximum Gasteiger partial charge on any atom is 0.115 e. The average Bonchev–Trinajstić information content (AvgIpc) is 2.98. The lowest BCUT2D eigenvalue weighted by atomic mass is 9.96. The minimum Gasteiger partial charge on any atom is -0.508 e. The highest BCUT2D eigenvalue weighted by atomic mass is 79.9. The summed E-state index contributed by atoms with van der Waals surface area (Å²) in [5, 5.41) is 9.62. The summed E-state index contributed by atoms with van der Waals surface area (Å²) in [5.74, 6) is 1.24. The Morgan fingerprint density at radius 3 is 2.48 bits per heavy atom. The van der Waals surface area contributed by atoms with Crippen LogP contribution in [0.1, 0.15) is 31.2 Å². The fourth-order valence-electron chi connectivity index (χ4n) is 3.58. The third-order valence-corrected chi connectivity index (χ3v) is 5.62. The van der Waals surface area contributed by atoms with Gasteiger partial charge in [-0.15, -0.1) is 0 Å². The molecule has 0 spiro atoms. The molecule has 21 heavy (non-hydrogen) atoms. The number of halogens is 1. The summed E-state index contributed by atoms with van der Waals surface area (Å²) in [6.45, 7) is 7.24. The van der Waals surface area contributed by atoms with E-state index in [-0.39, 0.29) is 0 Å². The van der Waals surface area contributed by atoms with Crippen LogP contribution in [0.25, 0.3) is 0 Å². The second-order valence-electron chi connectivity index (χ2n) is 6.50. The number of hydrogen-bond donors (Lipinski definition) is 1. The maximum absolute atomic E-state index is 9.62. The Bertz CT molecular complexity index is 466. The zero-order valence-corrected chi connectivity index (χ0v) is 14.2. The Balaban J connectivity index is 1.48. The first-order valence-corrected chi connectivity index (χ1v) is 8.92. The van der Waals surface area contributed by atoms with Gasteiger partial charge < -0.3 is 10.0 Å². The number of hydrogen-bond acceptors (Lipinski definition) is 3. The van der Waals surface area contributed by atoms with E-state index >= 15 is 0 Å². The first kappa shape index (κ1) is 15.3. The molecular weight excluding hydrogens is 328 g/mol. The van der Waals surface area contributed by atoms with E-state index in [0.717, 1.165) is 16.9 Å². The highest BCUT2D eigenvalue weighted by Crippen LogP contribution is 2.26. The predicted octanol–water partition coefficient (Wildman–Crippen LogP) is 3.46. The first-order valence-electron chi connectivity index (χ1n) is 8.13. The predicted molar refractivity (Wildman–Crippen MR) is 89.5 cm³/mol. The number of phenols is 1. The number of piperidine rings is 1. The third kappa shape index (κ3) is 4.21. The molecule has 1 N–H and O–H groups in total. The fraction of sp³-hybridized carbons (Fsp3) is 0.647. The summed E-state index contributed by atoms with van der Waals surface area (Å²) in [6, 6.07) is 5.54. The Kier molecular flexibility index (Phi) is 5.19. The highest BCUT2D eigenvalue weighted by molar-refractivity contribution is 9.10. The number of rotatable bonds is 4. The SMILES string of the molecule is Oc1ccc(Br)c(CN2CCC(CN3CCCC3)CC2)c1. The Labute approximate surface area is 136 Å². The summed E-state index contributed by atoms with van der Waals surface area (Å²) >= 11 is 3.58. The zero-order chi connectivity index (χ0) is 14.7. The summed E-state index contributed by atoms with van der Waals surface area (Å²) in [7, 11) is 0. The van der Waals surface area contributed by atoms with Gasteiger partial charge in [-0.2, -0.15) is 0 Å². The van der Waals surface area contributed by atoms with Crippen LogP contribution in [0, 0.1) is 5.92 Å². The summed E-state index contributed by atoms with van der Waals surface area (Å²) < 4.78 is 1.10. The van der Waals surface area contributed by atoms with Gasteiger partial charge in [0.2, 0.25) is 0 Å². The molecule has 2 aliphatic heterocycles. The second-order valence-corrected chi connectivity index (χ2v) is 7.36. The molecule has 0 unspecified atom stereocenters. The Hall–Kier alpha value is -0.580. The van der Waals surface area contributed by atoms with E-state index in [1.807, 2.05) is 12.1 Å². The molecule has 0 atom stereocenters. The minimum atomic E-state index is 0.358. The molecule has 3 rings (SSSR count). The van der Waals surface area contributed by atoms with Crippen LogP contribution in [0.4, 0.5) is 0 Å². The van der Waals surface area contributed by atoms with E-state index in [2.05, 4.69) is 25.7 Å². The van der Waals surface area contributed by atoms with Crippen LogP contribution in [-0.2, 0) is 6.54 Å². The molecule has 0 aromatic heterocycles. The molecule has 4 heteroatoms. The molecule has 116 valence electrons. The topological polar surface area (TPSA) is 26.7 Å². The monoisotopic (exact) mass is 352 g/mol. The van der Waals surface area contributed by atoms with Gasteiger partial charge in [0.15, 0.2) is 0 Å². The normalized spacial score (nSPS) is 22.0. The summed E-state index contributed by atoms with van der Waals surface area (Å²) in [6.07, 6.45) is 5.41. The fourth-order valence-corrected chi connectivity index (χ4v) is 3.95. The van der Waals surface area contributed by atoms with E-state index in [0.29, 0.717) is 5.75 Å². The van der Waals surface area contributed by atoms with Crippen LogP contribution < -0.4 is 0 Å². The van der Waals surface area contributed by atoms with Crippen LogP contribution in [0.2, 0.25) is 0 Å². The van der Waals surface area contributed by atoms with Crippen LogP contribution >= 0.6 is 15.9 Å². The quantitative estimate of drug-likeness (QED) is 0.898. The van der Waals surface area contributed by atoms with Crippen molar-refractivity contribution >= 4 is 15.9 Å². The van der Waals surface area contributed by atoms with Crippen molar-refractivity contribution in [3.8, 4) is 5.75 Å². The zero-order valence-electron chi connectivity index (χ0n) is 12.6. The van der Waals surface area contributed by atoms with E-state index in [1.165, 1.54) is 64.0 Å². The van der Waals surface area contributed by atoms with Crippen molar-refractivity contribution in [2.24, 2.45) is 5.92 Å².